The first-order valence-electron chi connectivity index (χ1n) is 6.25. The average molecular weight is 240 g/mol. The molecule has 0 aliphatic carbocycles. The van der Waals surface area contributed by atoms with Gasteiger partial charge in [-0.3, -0.25) is 0 Å². The second-order valence-corrected chi connectivity index (χ2v) is 4.29. The van der Waals surface area contributed by atoms with Gasteiger partial charge in [-0.15, -0.1) is 0 Å². The standard InChI is InChI=1S/C16H18NO/c18-16(15-9-5-2-6-10-15)13-17-12-11-14-7-3-1-4-8-14/h1-3,5-10,16-18H,11-13H2/t16-/m0/s1. The van der Waals surface area contributed by atoms with E-state index in [-0.39, 0.29) is 0 Å². The fraction of sp³-hybridized carbons (Fsp3) is 0.250. The van der Waals surface area contributed by atoms with Crippen LogP contribution < -0.4 is 5.32 Å². The summed E-state index contributed by atoms with van der Waals surface area (Å²) in [5, 5.41) is 13.2. The van der Waals surface area contributed by atoms with Crippen molar-refractivity contribution in [1.29, 1.82) is 0 Å². The van der Waals surface area contributed by atoms with Crippen LogP contribution in [0.2, 0.25) is 0 Å². The van der Waals surface area contributed by atoms with Crippen molar-refractivity contribution in [1.82, 2.24) is 5.32 Å². The first-order chi connectivity index (χ1) is 8.86. The Morgan fingerprint density at radius 3 is 2.67 bits per heavy atom. The van der Waals surface area contributed by atoms with Crippen molar-refractivity contribution in [3.8, 4) is 0 Å². The Morgan fingerprint density at radius 2 is 1.94 bits per heavy atom. The predicted octanol–water partition coefficient (Wildman–Crippen LogP) is 2.35. The Bertz CT molecular complexity index is 441. The molecule has 0 aliphatic rings. The normalized spacial score (nSPS) is 12.3. The minimum Gasteiger partial charge on any atom is -0.387 e. The first kappa shape index (κ1) is 12.8. The largest absolute Gasteiger partial charge is 0.387 e. The topological polar surface area (TPSA) is 32.3 Å². The summed E-state index contributed by atoms with van der Waals surface area (Å²) in [6.07, 6.45) is 0.521. The molecule has 0 unspecified atom stereocenters. The van der Waals surface area contributed by atoms with E-state index >= 15 is 0 Å². The van der Waals surface area contributed by atoms with Crippen molar-refractivity contribution >= 4 is 0 Å². The van der Waals surface area contributed by atoms with Crippen LogP contribution in [0, 0.1) is 6.07 Å². The molecule has 0 bridgehead atoms. The number of nitrogens with one attached hydrogen (secondary N) is 1. The van der Waals surface area contributed by atoms with Gasteiger partial charge in [-0.05, 0) is 30.2 Å². The van der Waals surface area contributed by atoms with Crippen LogP contribution in [-0.4, -0.2) is 18.2 Å². The van der Waals surface area contributed by atoms with Gasteiger partial charge in [-0.25, -0.2) is 0 Å². The van der Waals surface area contributed by atoms with Gasteiger partial charge in [0.2, 0.25) is 0 Å². The number of benzene rings is 2. The van der Waals surface area contributed by atoms with E-state index in [1.165, 1.54) is 5.56 Å². The molecule has 93 valence electrons. The molecule has 0 aromatic heterocycles. The van der Waals surface area contributed by atoms with Crippen molar-refractivity contribution < 1.29 is 5.11 Å². The van der Waals surface area contributed by atoms with E-state index in [0.29, 0.717) is 6.54 Å². The minimum atomic E-state index is -0.437. The lowest BCUT2D eigenvalue weighted by molar-refractivity contribution is 0.175. The molecule has 2 heteroatoms. The number of aliphatic hydroxyl groups excluding tert-OH is 1. The summed E-state index contributed by atoms with van der Waals surface area (Å²) in [7, 11) is 0. The Balaban J connectivity index is 1.70. The molecule has 2 N–H and O–H groups in total. The third kappa shape index (κ3) is 3.99. The van der Waals surface area contributed by atoms with E-state index in [1.807, 2.05) is 48.5 Å². The number of aliphatic hydroxyl groups is 1. The Morgan fingerprint density at radius 1 is 1.11 bits per heavy atom. The quantitative estimate of drug-likeness (QED) is 0.760. The molecular formula is C16H18NO. The molecule has 0 heterocycles. The number of hydrogen-bond acceptors (Lipinski definition) is 2. The fourth-order valence-electron chi connectivity index (χ4n) is 1.85. The van der Waals surface area contributed by atoms with Crippen LogP contribution in [0.5, 0.6) is 0 Å². The minimum absolute atomic E-state index is 0.437. The van der Waals surface area contributed by atoms with Crippen molar-refractivity contribution in [3.63, 3.8) is 0 Å². The van der Waals surface area contributed by atoms with Crippen molar-refractivity contribution in [2.24, 2.45) is 0 Å². The molecular weight excluding hydrogens is 222 g/mol. The highest BCUT2D eigenvalue weighted by Gasteiger charge is 2.05. The maximum Gasteiger partial charge on any atom is 0.0914 e. The van der Waals surface area contributed by atoms with Gasteiger partial charge in [-0.2, -0.15) is 0 Å². The van der Waals surface area contributed by atoms with Gasteiger partial charge >= 0.3 is 0 Å². The van der Waals surface area contributed by atoms with Crippen LogP contribution in [0.4, 0.5) is 0 Å². The summed E-state index contributed by atoms with van der Waals surface area (Å²) in [5.41, 5.74) is 2.22. The molecule has 2 aromatic carbocycles. The van der Waals surface area contributed by atoms with Gasteiger partial charge in [0.05, 0.1) is 6.10 Å². The van der Waals surface area contributed by atoms with Gasteiger partial charge < -0.3 is 10.4 Å². The average Bonchev–Trinajstić information content (AvgIpc) is 2.45. The molecule has 1 atom stereocenters. The van der Waals surface area contributed by atoms with Crippen molar-refractivity contribution in [3.05, 3.63) is 71.8 Å². The first-order valence-corrected chi connectivity index (χ1v) is 6.25. The van der Waals surface area contributed by atoms with Gasteiger partial charge in [0.25, 0.3) is 0 Å². The van der Waals surface area contributed by atoms with Crippen LogP contribution in [0.3, 0.4) is 0 Å². The molecule has 18 heavy (non-hydrogen) atoms. The fourth-order valence-corrected chi connectivity index (χ4v) is 1.85. The lowest BCUT2D eigenvalue weighted by Crippen LogP contribution is -2.23. The van der Waals surface area contributed by atoms with Gasteiger partial charge in [0.1, 0.15) is 0 Å². The summed E-state index contributed by atoms with van der Waals surface area (Å²) < 4.78 is 0. The highest BCUT2D eigenvalue weighted by molar-refractivity contribution is 5.17. The zero-order valence-electron chi connectivity index (χ0n) is 10.3. The SMILES string of the molecule is O[C@@H](CNCCc1c[c]ccc1)c1ccccc1. The molecule has 0 saturated carbocycles. The predicted molar refractivity (Wildman–Crippen MR) is 73.3 cm³/mol. The van der Waals surface area contributed by atoms with Crippen LogP contribution in [0.25, 0.3) is 0 Å². The maximum absolute atomic E-state index is 9.95. The molecule has 0 amide bonds. The summed E-state index contributed by atoms with van der Waals surface area (Å²) in [5.74, 6) is 0. The Kier molecular flexibility index (Phi) is 4.94. The zero-order chi connectivity index (χ0) is 12.6. The van der Waals surface area contributed by atoms with Crippen LogP contribution >= 0.6 is 0 Å². The number of hydrogen-bond donors (Lipinski definition) is 2. The molecule has 1 radical (unpaired) electrons. The van der Waals surface area contributed by atoms with E-state index in [2.05, 4.69) is 17.4 Å². The van der Waals surface area contributed by atoms with E-state index in [9.17, 15) is 5.11 Å². The maximum atomic E-state index is 9.95. The summed E-state index contributed by atoms with van der Waals surface area (Å²) in [4.78, 5) is 0. The Hall–Kier alpha value is -1.64. The lowest BCUT2D eigenvalue weighted by atomic mass is 10.1. The van der Waals surface area contributed by atoms with E-state index in [4.69, 9.17) is 0 Å². The van der Waals surface area contributed by atoms with Gasteiger partial charge in [0.15, 0.2) is 0 Å². The van der Waals surface area contributed by atoms with Crippen molar-refractivity contribution in [2.45, 2.75) is 12.5 Å². The van der Waals surface area contributed by atoms with Crippen LogP contribution in [0.1, 0.15) is 17.2 Å². The Labute approximate surface area is 108 Å². The zero-order valence-corrected chi connectivity index (χ0v) is 10.3. The molecule has 0 fully saturated rings. The third-order valence-corrected chi connectivity index (χ3v) is 2.88. The summed E-state index contributed by atoms with van der Waals surface area (Å²) in [6, 6.07) is 20.8. The van der Waals surface area contributed by atoms with Crippen LogP contribution in [0.15, 0.2) is 54.6 Å². The highest BCUT2D eigenvalue weighted by Crippen LogP contribution is 2.10. The molecule has 0 saturated heterocycles. The monoisotopic (exact) mass is 240 g/mol. The van der Waals surface area contributed by atoms with E-state index in [0.717, 1.165) is 18.5 Å². The van der Waals surface area contributed by atoms with E-state index < -0.39 is 6.10 Å². The second kappa shape index (κ2) is 6.94. The summed E-state index contributed by atoms with van der Waals surface area (Å²) in [6.45, 7) is 1.45. The van der Waals surface area contributed by atoms with Gasteiger partial charge in [-0.1, -0.05) is 54.6 Å². The highest BCUT2D eigenvalue weighted by atomic mass is 16.3. The number of rotatable bonds is 6. The molecule has 2 rings (SSSR count). The van der Waals surface area contributed by atoms with Crippen LogP contribution in [-0.2, 0) is 6.42 Å². The molecule has 0 aliphatic heterocycles. The molecule has 2 aromatic rings. The third-order valence-electron chi connectivity index (χ3n) is 2.88. The second-order valence-electron chi connectivity index (χ2n) is 4.29. The van der Waals surface area contributed by atoms with Crippen molar-refractivity contribution in [2.75, 3.05) is 13.1 Å². The summed E-state index contributed by atoms with van der Waals surface area (Å²) >= 11 is 0. The smallest absolute Gasteiger partial charge is 0.0914 e. The van der Waals surface area contributed by atoms with Gasteiger partial charge in [0, 0.05) is 6.54 Å². The molecule has 2 nitrogen and oxygen atoms in total. The van der Waals surface area contributed by atoms with E-state index in [1.54, 1.807) is 0 Å². The molecule has 0 spiro atoms. The lowest BCUT2D eigenvalue weighted by Gasteiger charge is -2.12.